The molecule has 10 atom stereocenters. The number of benzene rings is 1. The van der Waals surface area contributed by atoms with Crippen LogP contribution >= 0.6 is 15.9 Å². The van der Waals surface area contributed by atoms with Crippen molar-refractivity contribution in [2.45, 2.75) is 84.8 Å². The molecule has 0 radical (unpaired) electrons. The van der Waals surface area contributed by atoms with Gasteiger partial charge < -0.3 is 14.2 Å². The average Bonchev–Trinajstić information content (AvgIpc) is 3.69. The third-order valence-corrected chi connectivity index (χ3v) is 13.4. The van der Waals surface area contributed by atoms with Gasteiger partial charge in [0, 0.05) is 27.8 Å². The Labute approximate surface area is 285 Å². The predicted octanol–water partition coefficient (Wildman–Crippen LogP) is 7.26. The zero-order valence-electron chi connectivity index (χ0n) is 27.7. The molecule has 0 bridgehead atoms. The van der Waals surface area contributed by atoms with Crippen LogP contribution in [0.1, 0.15) is 75.9 Å². The second kappa shape index (κ2) is 11.3. The summed E-state index contributed by atoms with van der Waals surface area (Å²) in [5.41, 5.74) is 2.14. The maximum absolute atomic E-state index is 13.3. The Balaban J connectivity index is 0.970. The van der Waals surface area contributed by atoms with E-state index in [-0.39, 0.29) is 41.7 Å². The number of rotatable bonds is 6. The van der Waals surface area contributed by atoms with Gasteiger partial charge in [-0.2, -0.15) is 0 Å². The predicted molar refractivity (Wildman–Crippen MR) is 179 cm³/mol. The topological polar surface area (TPSA) is 92.5 Å². The van der Waals surface area contributed by atoms with Crippen molar-refractivity contribution in [3.8, 4) is 0 Å². The van der Waals surface area contributed by atoms with E-state index in [4.69, 9.17) is 14.2 Å². The molecule has 4 aliphatic carbocycles. The fourth-order valence-corrected chi connectivity index (χ4v) is 10.8. The number of carbonyl (C=O) groups excluding carboxylic acids is 2. The van der Waals surface area contributed by atoms with Gasteiger partial charge in [-0.25, -0.2) is 4.68 Å². The van der Waals surface area contributed by atoms with E-state index >= 15 is 0 Å². The molecule has 9 heteroatoms. The van der Waals surface area contributed by atoms with Crippen LogP contribution in [0.2, 0.25) is 0 Å². The summed E-state index contributed by atoms with van der Waals surface area (Å²) in [5, 5.41) is 8.34. The maximum atomic E-state index is 13.3. The highest BCUT2D eigenvalue weighted by atomic mass is 79.9. The Morgan fingerprint density at radius 2 is 2.02 bits per heavy atom. The first kappa shape index (κ1) is 31.4. The second-order valence-corrected chi connectivity index (χ2v) is 16.5. The Morgan fingerprint density at radius 3 is 2.81 bits per heavy atom. The zero-order valence-corrected chi connectivity index (χ0v) is 29.2. The van der Waals surface area contributed by atoms with E-state index in [1.165, 1.54) is 11.1 Å². The standard InChI is InChI=1S/C38H44BrN3O5/c1-22-10-13-38(46-20-22)23(2)35-33(47-38)16-30-28-9-8-25-15-31(43)34(17-37(25,4)29(28)11-12-36(30,35)3)45-21-27-18-42(41-40-27)19-32(44)24-6-5-7-26(39)14-24/h5-9,14-15,17-18,22-23,28-30,33,35H,10-13,16,19-21H2,1-4H3/t22-,23+,28-,29+,30+,33+,35+,36+,37+,38-/m1/s1. The molecule has 2 saturated carbocycles. The number of fused-ring (bicyclic) bond motifs is 7. The molecule has 0 unspecified atom stereocenters. The number of nitrogens with zero attached hydrogens (tertiary/aromatic N) is 3. The number of allylic oxidation sites excluding steroid dienone is 5. The number of halogens is 1. The summed E-state index contributed by atoms with van der Waals surface area (Å²) in [7, 11) is 0. The van der Waals surface area contributed by atoms with Gasteiger partial charge in [0.1, 0.15) is 18.8 Å². The van der Waals surface area contributed by atoms with Crippen molar-refractivity contribution in [1.29, 1.82) is 0 Å². The molecule has 3 heterocycles. The fourth-order valence-electron chi connectivity index (χ4n) is 10.4. The number of aromatic nitrogens is 3. The van der Waals surface area contributed by atoms with Gasteiger partial charge in [0.15, 0.2) is 17.3 Å². The van der Waals surface area contributed by atoms with E-state index in [1.54, 1.807) is 24.4 Å². The normalized spacial score (nSPS) is 40.3. The van der Waals surface area contributed by atoms with E-state index in [2.05, 4.69) is 72.2 Å². The van der Waals surface area contributed by atoms with Crippen molar-refractivity contribution < 1.29 is 23.8 Å². The SMILES string of the molecule is C[C@@H]1CC[C@@]2(OC1)O[C@H]1C[C@H]3[C@@H]4C=CC5=CC(=O)C(OCc6cn(CC(=O)c7cccc(Br)c7)nn6)=C[C@]5(C)[C@H]4CC[C@]3(C)[C@H]1[C@@H]2C. The van der Waals surface area contributed by atoms with Crippen LogP contribution < -0.4 is 0 Å². The van der Waals surface area contributed by atoms with Crippen LogP contribution in [0.3, 0.4) is 0 Å². The van der Waals surface area contributed by atoms with Gasteiger partial charge in [0.05, 0.1) is 18.9 Å². The van der Waals surface area contributed by atoms with Gasteiger partial charge in [0.25, 0.3) is 0 Å². The minimum atomic E-state index is -0.407. The van der Waals surface area contributed by atoms with E-state index in [0.717, 1.165) is 42.3 Å². The molecular formula is C38H44BrN3O5. The number of carbonyl (C=O) groups is 2. The molecule has 8 rings (SSSR count). The first-order valence-corrected chi connectivity index (χ1v) is 18.1. The van der Waals surface area contributed by atoms with Gasteiger partial charge in [-0.05, 0) is 90.5 Å². The van der Waals surface area contributed by atoms with Crippen molar-refractivity contribution in [2.75, 3.05) is 6.61 Å². The van der Waals surface area contributed by atoms with Crippen molar-refractivity contribution in [2.24, 2.45) is 46.3 Å². The van der Waals surface area contributed by atoms with Crippen LogP contribution in [0.4, 0.5) is 0 Å². The largest absolute Gasteiger partial charge is 0.483 e. The Bertz CT molecular complexity index is 1700. The van der Waals surface area contributed by atoms with Gasteiger partial charge in [0.2, 0.25) is 5.78 Å². The lowest BCUT2D eigenvalue weighted by Crippen LogP contribution is -2.51. The van der Waals surface area contributed by atoms with Gasteiger partial charge in [-0.15, -0.1) is 5.10 Å². The van der Waals surface area contributed by atoms with E-state index in [0.29, 0.717) is 52.5 Å². The van der Waals surface area contributed by atoms with Crippen molar-refractivity contribution >= 4 is 27.5 Å². The number of Topliss-reactive ketones (excluding diaryl/α,β-unsaturated/α-hetero) is 1. The highest BCUT2D eigenvalue weighted by Gasteiger charge is 2.68. The van der Waals surface area contributed by atoms with Crippen LogP contribution in [0.25, 0.3) is 0 Å². The number of hydrogen-bond acceptors (Lipinski definition) is 7. The third kappa shape index (κ3) is 5.05. The van der Waals surface area contributed by atoms with Gasteiger partial charge in [-0.3, -0.25) is 9.59 Å². The van der Waals surface area contributed by atoms with Crippen molar-refractivity contribution in [3.63, 3.8) is 0 Å². The molecule has 1 aromatic heterocycles. The molecule has 248 valence electrons. The molecule has 0 N–H and O–H groups in total. The summed E-state index contributed by atoms with van der Waals surface area (Å²) < 4.78 is 21.9. The van der Waals surface area contributed by atoms with Gasteiger partial charge in [-0.1, -0.05) is 73.1 Å². The highest BCUT2D eigenvalue weighted by Crippen LogP contribution is 2.69. The van der Waals surface area contributed by atoms with Crippen molar-refractivity contribution in [3.05, 3.63) is 81.8 Å². The molecule has 4 fully saturated rings. The quantitative estimate of drug-likeness (QED) is 0.293. The number of ketones is 2. The van der Waals surface area contributed by atoms with Crippen LogP contribution in [0, 0.1) is 46.3 Å². The molecule has 0 amide bonds. The average molecular weight is 703 g/mol. The van der Waals surface area contributed by atoms with Gasteiger partial charge >= 0.3 is 0 Å². The molecule has 6 aliphatic rings. The Kier molecular flexibility index (Phi) is 7.58. The smallest absolute Gasteiger partial charge is 0.220 e. The highest BCUT2D eigenvalue weighted by molar-refractivity contribution is 9.10. The summed E-state index contributed by atoms with van der Waals surface area (Å²) in [5.74, 6) is 2.57. The van der Waals surface area contributed by atoms with E-state index < -0.39 is 5.79 Å². The van der Waals surface area contributed by atoms with E-state index in [9.17, 15) is 9.59 Å². The van der Waals surface area contributed by atoms with Crippen molar-refractivity contribution in [1.82, 2.24) is 15.0 Å². The molecule has 2 aliphatic heterocycles. The summed E-state index contributed by atoms with van der Waals surface area (Å²) in [4.78, 5) is 26.0. The number of hydrogen-bond donors (Lipinski definition) is 0. The molecule has 1 spiro atoms. The molecule has 8 nitrogen and oxygen atoms in total. The van der Waals surface area contributed by atoms with Crippen LogP contribution in [-0.2, 0) is 32.2 Å². The lowest BCUT2D eigenvalue weighted by Gasteiger charge is -2.55. The van der Waals surface area contributed by atoms with Crippen LogP contribution in [0.5, 0.6) is 0 Å². The number of ether oxygens (including phenoxy) is 3. The lowest BCUT2D eigenvalue weighted by atomic mass is 9.49. The zero-order chi connectivity index (χ0) is 32.7. The minimum absolute atomic E-state index is 0.0636. The van der Waals surface area contributed by atoms with Crippen LogP contribution in [-0.4, -0.2) is 45.1 Å². The molecule has 47 heavy (non-hydrogen) atoms. The first-order valence-electron chi connectivity index (χ1n) is 17.3. The summed E-state index contributed by atoms with van der Waals surface area (Å²) in [6.45, 7) is 10.4. The summed E-state index contributed by atoms with van der Waals surface area (Å²) >= 11 is 3.41. The fraction of sp³-hybridized carbons (Fsp3) is 0.579. The Morgan fingerprint density at radius 1 is 1.17 bits per heavy atom. The molecular weight excluding hydrogens is 658 g/mol. The van der Waals surface area contributed by atoms with Crippen LogP contribution in [0.15, 0.2) is 70.6 Å². The third-order valence-electron chi connectivity index (χ3n) is 12.9. The lowest BCUT2D eigenvalue weighted by molar-refractivity contribution is -0.272. The summed E-state index contributed by atoms with van der Waals surface area (Å²) in [6, 6.07) is 7.29. The molecule has 2 aromatic rings. The monoisotopic (exact) mass is 701 g/mol. The maximum Gasteiger partial charge on any atom is 0.220 e. The summed E-state index contributed by atoms with van der Waals surface area (Å²) in [6.07, 6.45) is 15.9. The van der Waals surface area contributed by atoms with E-state index in [1.807, 2.05) is 12.1 Å². The Hall–Kier alpha value is -2.88. The first-order chi connectivity index (χ1) is 22.5. The second-order valence-electron chi connectivity index (χ2n) is 15.6. The minimum Gasteiger partial charge on any atom is -0.483 e. The molecule has 1 aromatic carbocycles. The molecule has 2 saturated heterocycles.